The molecule has 0 aromatic heterocycles. The van der Waals surface area contributed by atoms with Crippen molar-refractivity contribution in [3.05, 3.63) is 99.3 Å². The molecule has 0 spiro atoms. The molecule has 1 amide bonds. The second kappa shape index (κ2) is 11.3. The molecule has 0 fully saturated rings. The Labute approximate surface area is 230 Å². The number of rotatable bonds is 8. The molecule has 1 aliphatic carbocycles. The van der Waals surface area contributed by atoms with Crippen LogP contribution in [0.25, 0.3) is 0 Å². The number of aryl methyl sites for hydroxylation is 1. The van der Waals surface area contributed by atoms with E-state index in [9.17, 15) is 19.2 Å². The van der Waals surface area contributed by atoms with Crippen molar-refractivity contribution in [1.82, 2.24) is 5.32 Å². The molecule has 2 unspecified atom stereocenters. The molecule has 9 heteroatoms. The molecular weight excluding hydrogens is 519 g/mol. The van der Waals surface area contributed by atoms with Crippen LogP contribution in [0.4, 0.5) is 10.1 Å². The van der Waals surface area contributed by atoms with Gasteiger partial charge in [0.2, 0.25) is 0 Å². The number of benzene rings is 3. The van der Waals surface area contributed by atoms with E-state index < -0.39 is 5.97 Å². The van der Waals surface area contributed by atoms with E-state index in [1.54, 1.807) is 30.3 Å². The van der Waals surface area contributed by atoms with Crippen LogP contribution in [-0.4, -0.2) is 29.2 Å². The van der Waals surface area contributed by atoms with E-state index in [-0.39, 0.29) is 30.1 Å². The smallest absolute Gasteiger partial charge is 0.303 e. The number of carbonyl (C=O) groups excluding carboxylic acids is 1. The van der Waals surface area contributed by atoms with Crippen molar-refractivity contribution in [2.45, 2.75) is 38.1 Å². The molecule has 2 aliphatic rings. The molecule has 1 heterocycles. The zero-order valence-corrected chi connectivity index (χ0v) is 21.8. The first kappa shape index (κ1) is 26.4. The number of carboxylic acids is 1. The van der Waals surface area contributed by atoms with Crippen LogP contribution in [0.3, 0.4) is 0 Å². The molecule has 0 bridgehead atoms. The van der Waals surface area contributed by atoms with Crippen LogP contribution in [0.2, 0.25) is 5.02 Å². The minimum atomic E-state index is -0.841. The van der Waals surface area contributed by atoms with E-state index in [0.29, 0.717) is 35.5 Å². The van der Waals surface area contributed by atoms with Crippen molar-refractivity contribution in [1.29, 1.82) is 5.26 Å². The van der Waals surface area contributed by atoms with Gasteiger partial charge in [-0.05, 0) is 79.3 Å². The van der Waals surface area contributed by atoms with E-state index in [0.717, 1.165) is 40.9 Å². The summed E-state index contributed by atoms with van der Waals surface area (Å²) >= 11 is 6.36. The summed E-state index contributed by atoms with van der Waals surface area (Å²) in [6.07, 6.45) is 2.73. The van der Waals surface area contributed by atoms with E-state index in [1.807, 2.05) is 23.2 Å². The zero-order valence-electron chi connectivity index (χ0n) is 21.0. The molecule has 1 aliphatic heterocycles. The first-order chi connectivity index (χ1) is 18.9. The Hall–Kier alpha value is -4.22. The van der Waals surface area contributed by atoms with Crippen LogP contribution in [0, 0.1) is 23.1 Å². The van der Waals surface area contributed by atoms with Crippen LogP contribution < -0.4 is 10.3 Å². The number of nitrogens with one attached hydrogen (secondary N) is 1. The van der Waals surface area contributed by atoms with Gasteiger partial charge in [-0.3, -0.25) is 14.6 Å². The van der Waals surface area contributed by atoms with Gasteiger partial charge in [-0.1, -0.05) is 29.8 Å². The van der Waals surface area contributed by atoms with Gasteiger partial charge in [-0.15, -0.1) is 0 Å². The lowest BCUT2D eigenvalue weighted by atomic mass is 9.77. The fraction of sp³-hybridized carbons (Fsp3) is 0.267. The molecule has 5 rings (SSSR count). The van der Waals surface area contributed by atoms with Gasteiger partial charge in [0.1, 0.15) is 11.9 Å². The number of anilines is 1. The number of aliphatic carboxylic acids is 1. The lowest BCUT2D eigenvalue weighted by molar-refractivity contribution is -0.137. The van der Waals surface area contributed by atoms with Crippen molar-refractivity contribution in [2.75, 3.05) is 11.6 Å². The van der Waals surface area contributed by atoms with Crippen molar-refractivity contribution < 1.29 is 19.1 Å². The number of unbranched alkanes of at least 4 members (excludes halogenated alkanes) is 1. The maximum absolute atomic E-state index is 13.8. The molecule has 2 atom stereocenters. The van der Waals surface area contributed by atoms with Crippen molar-refractivity contribution >= 4 is 34.9 Å². The van der Waals surface area contributed by atoms with Crippen LogP contribution in [0.1, 0.15) is 64.3 Å². The highest BCUT2D eigenvalue weighted by atomic mass is 35.5. The maximum atomic E-state index is 13.8. The number of nitrogens with zero attached hydrogens (tertiary/aromatic N) is 3. The third-order valence-corrected chi connectivity index (χ3v) is 7.54. The highest BCUT2D eigenvalue weighted by Crippen LogP contribution is 2.46. The van der Waals surface area contributed by atoms with E-state index in [1.165, 1.54) is 12.1 Å². The Balaban J connectivity index is 1.43. The third kappa shape index (κ3) is 5.50. The van der Waals surface area contributed by atoms with Gasteiger partial charge < -0.3 is 10.4 Å². The number of hydrogen-bond donors (Lipinski definition) is 2. The van der Waals surface area contributed by atoms with Crippen molar-refractivity contribution in [2.24, 2.45) is 11.0 Å². The molecule has 2 N–H and O–H groups in total. The predicted molar refractivity (Wildman–Crippen MR) is 146 cm³/mol. The summed E-state index contributed by atoms with van der Waals surface area (Å²) in [6.45, 7) is 0.416. The molecule has 7 nitrogen and oxygen atoms in total. The van der Waals surface area contributed by atoms with Gasteiger partial charge >= 0.3 is 5.97 Å². The monoisotopic (exact) mass is 544 g/mol. The SMILES string of the molecule is N#Cc1ccc(N2N=C3c4ccc(C(=O)NCCCCC(=O)O)cc4CCC3C2c2ccc(F)cc2)cc1Cl. The van der Waals surface area contributed by atoms with Gasteiger partial charge in [0.25, 0.3) is 5.91 Å². The fourth-order valence-electron chi connectivity index (χ4n) is 5.32. The largest absolute Gasteiger partial charge is 0.481 e. The average Bonchev–Trinajstić information content (AvgIpc) is 3.32. The van der Waals surface area contributed by atoms with E-state index >= 15 is 0 Å². The molecular formula is C30H26ClFN4O3. The maximum Gasteiger partial charge on any atom is 0.303 e. The lowest BCUT2D eigenvalue weighted by Crippen LogP contribution is -2.29. The number of amides is 1. The fourth-order valence-corrected chi connectivity index (χ4v) is 5.53. The van der Waals surface area contributed by atoms with Gasteiger partial charge in [0, 0.05) is 30.0 Å². The average molecular weight is 545 g/mol. The molecule has 0 saturated heterocycles. The Kier molecular flexibility index (Phi) is 7.62. The topological polar surface area (TPSA) is 106 Å². The molecule has 39 heavy (non-hydrogen) atoms. The lowest BCUT2D eigenvalue weighted by Gasteiger charge is -2.31. The quantitative estimate of drug-likeness (QED) is 0.345. The van der Waals surface area contributed by atoms with E-state index in [2.05, 4.69) is 11.4 Å². The second-order valence-electron chi connectivity index (χ2n) is 9.73. The van der Waals surface area contributed by atoms with Gasteiger partial charge in [0.05, 0.1) is 28.0 Å². The van der Waals surface area contributed by atoms with Crippen LogP contribution in [0.5, 0.6) is 0 Å². The van der Waals surface area contributed by atoms with Crippen molar-refractivity contribution in [3.8, 4) is 6.07 Å². The summed E-state index contributed by atoms with van der Waals surface area (Å²) in [4.78, 5) is 23.4. The van der Waals surface area contributed by atoms with Crippen molar-refractivity contribution in [3.63, 3.8) is 0 Å². The summed E-state index contributed by atoms with van der Waals surface area (Å²) in [5.74, 6) is -1.31. The molecule has 198 valence electrons. The first-order valence-corrected chi connectivity index (χ1v) is 13.2. The number of nitriles is 1. The summed E-state index contributed by atoms with van der Waals surface area (Å²) in [5.41, 5.74) is 5.47. The summed E-state index contributed by atoms with van der Waals surface area (Å²) < 4.78 is 13.8. The molecule has 3 aromatic carbocycles. The molecule has 3 aromatic rings. The van der Waals surface area contributed by atoms with Crippen LogP contribution >= 0.6 is 11.6 Å². The highest BCUT2D eigenvalue weighted by Gasteiger charge is 2.42. The van der Waals surface area contributed by atoms with Crippen LogP contribution in [0.15, 0.2) is 65.8 Å². The number of hydrogen-bond acceptors (Lipinski definition) is 5. The number of carbonyl (C=O) groups is 2. The number of halogens is 2. The Bertz CT molecular complexity index is 1500. The normalized spacial score (nSPS) is 17.6. The summed E-state index contributed by atoms with van der Waals surface area (Å²) in [7, 11) is 0. The van der Waals surface area contributed by atoms with Gasteiger partial charge in [-0.2, -0.15) is 10.4 Å². The minimum absolute atomic E-state index is 0.0336. The zero-order chi connectivity index (χ0) is 27.5. The second-order valence-corrected chi connectivity index (χ2v) is 10.1. The Morgan fingerprint density at radius 2 is 1.92 bits per heavy atom. The predicted octanol–water partition coefficient (Wildman–Crippen LogP) is 5.86. The first-order valence-electron chi connectivity index (χ1n) is 12.8. The standard InChI is InChI=1S/C30H26ClFN4O3/c31-26-16-23(11-6-21(26)17-33)36-29(18-4-9-22(32)10-5-18)25-13-7-19-15-20(8-12-24(19)28(25)35-36)30(39)34-14-2-1-3-27(37)38/h4-6,8-12,15-16,25,29H,1-3,7,13-14H2,(H,34,39)(H,37,38). The Morgan fingerprint density at radius 3 is 2.64 bits per heavy atom. The Morgan fingerprint density at radius 1 is 1.13 bits per heavy atom. The number of hydrazone groups is 1. The van der Waals surface area contributed by atoms with Crippen LogP contribution in [-0.2, 0) is 11.2 Å². The summed E-state index contributed by atoms with van der Waals surface area (Å²) in [5, 5.41) is 28.2. The molecule has 0 radical (unpaired) electrons. The summed E-state index contributed by atoms with van der Waals surface area (Å²) in [6, 6.07) is 19.1. The minimum Gasteiger partial charge on any atom is -0.481 e. The molecule has 0 saturated carbocycles. The van der Waals surface area contributed by atoms with E-state index in [4.69, 9.17) is 21.8 Å². The number of fused-ring (bicyclic) bond motifs is 3. The van der Waals surface area contributed by atoms with Gasteiger partial charge in [-0.25, -0.2) is 4.39 Å². The number of carboxylic acid groups (broad SMARTS) is 1. The van der Waals surface area contributed by atoms with Gasteiger partial charge in [0.15, 0.2) is 0 Å². The highest BCUT2D eigenvalue weighted by molar-refractivity contribution is 6.32. The third-order valence-electron chi connectivity index (χ3n) is 7.23.